The van der Waals surface area contributed by atoms with Gasteiger partial charge in [0.25, 0.3) is 0 Å². The quantitative estimate of drug-likeness (QED) is 0.751. The number of nitrogens with two attached hydrogens (primary N) is 1. The Morgan fingerprint density at radius 1 is 1.31 bits per heavy atom. The molecule has 0 aliphatic heterocycles. The third kappa shape index (κ3) is 1.89. The van der Waals surface area contributed by atoms with Gasteiger partial charge in [-0.2, -0.15) is 0 Å². The molecule has 0 radical (unpaired) electrons. The SMILES string of the molecule is COCC(O)(C1CC1)C1(CN)CCCCC1. The van der Waals surface area contributed by atoms with Crippen molar-refractivity contribution in [1.29, 1.82) is 0 Å². The lowest BCUT2D eigenvalue weighted by molar-refractivity contribution is -0.150. The Balaban J connectivity index is 2.20. The van der Waals surface area contributed by atoms with E-state index in [4.69, 9.17) is 10.5 Å². The minimum absolute atomic E-state index is 0.0809. The van der Waals surface area contributed by atoms with Crippen molar-refractivity contribution in [3.63, 3.8) is 0 Å². The molecule has 0 aromatic rings. The summed E-state index contributed by atoms with van der Waals surface area (Å²) in [6, 6.07) is 0. The van der Waals surface area contributed by atoms with E-state index in [1.165, 1.54) is 19.3 Å². The molecule has 0 aromatic carbocycles. The third-order valence-electron chi connectivity index (χ3n) is 4.74. The van der Waals surface area contributed by atoms with Gasteiger partial charge in [0.1, 0.15) is 0 Å². The Bertz CT molecular complexity index is 231. The van der Waals surface area contributed by atoms with Crippen LogP contribution in [0.25, 0.3) is 0 Å². The van der Waals surface area contributed by atoms with Crippen molar-refractivity contribution in [2.45, 2.75) is 50.5 Å². The van der Waals surface area contributed by atoms with Crippen LogP contribution in [0.2, 0.25) is 0 Å². The van der Waals surface area contributed by atoms with Crippen molar-refractivity contribution in [1.82, 2.24) is 0 Å². The molecule has 0 amide bonds. The molecule has 16 heavy (non-hydrogen) atoms. The second kappa shape index (κ2) is 4.63. The minimum atomic E-state index is -0.670. The normalized spacial score (nSPS) is 28.7. The van der Waals surface area contributed by atoms with E-state index in [0.29, 0.717) is 19.1 Å². The molecule has 2 aliphatic rings. The highest BCUT2D eigenvalue weighted by Crippen LogP contribution is 2.54. The van der Waals surface area contributed by atoms with Crippen LogP contribution in [0.15, 0.2) is 0 Å². The zero-order valence-corrected chi connectivity index (χ0v) is 10.4. The van der Waals surface area contributed by atoms with E-state index in [1.807, 2.05) is 0 Å². The van der Waals surface area contributed by atoms with Gasteiger partial charge in [-0.25, -0.2) is 0 Å². The third-order valence-corrected chi connectivity index (χ3v) is 4.74. The molecule has 2 saturated carbocycles. The van der Waals surface area contributed by atoms with E-state index in [0.717, 1.165) is 25.7 Å². The Labute approximate surface area is 98.4 Å². The van der Waals surface area contributed by atoms with Gasteiger partial charge in [-0.1, -0.05) is 19.3 Å². The summed E-state index contributed by atoms with van der Waals surface area (Å²) >= 11 is 0. The first-order valence-electron chi connectivity index (χ1n) is 6.60. The average Bonchev–Trinajstić information content (AvgIpc) is 3.14. The lowest BCUT2D eigenvalue weighted by Crippen LogP contribution is -2.57. The smallest absolute Gasteiger partial charge is 0.0975 e. The van der Waals surface area contributed by atoms with Gasteiger partial charge in [-0.15, -0.1) is 0 Å². The second-order valence-electron chi connectivity index (χ2n) is 5.68. The van der Waals surface area contributed by atoms with Gasteiger partial charge in [-0.3, -0.25) is 0 Å². The molecule has 3 N–H and O–H groups in total. The zero-order chi connectivity index (χ0) is 11.6. The van der Waals surface area contributed by atoms with Crippen LogP contribution in [-0.4, -0.2) is 31.0 Å². The van der Waals surface area contributed by atoms with Crippen LogP contribution < -0.4 is 5.73 Å². The van der Waals surface area contributed by atoms with Crippen LogP contribution in [0.5, 0.6) is 0 Å². The van der Waals surface area contributed by atoms with E-state index < -0.39 is 5.60 Å². The fraction of sp³-hybridized carbons (Fsp3) is 1.00. The van der Waals surface area contributed by atoms with E-state index in [9.17, 15) is 5.11 Å². The van der Waals surface area contributed by atoms with E-state index in [1.54, 1.807) is 7.11 Å². The first-order chi connectivity index (χ1) is 7.68. The predicted octanol–water partition coefficient (Wildman–Crippen LogP) is 1.68. The molecule has 94 valence electrons. The average molecular weight is 227 g/mol. The van der Waals surface area contributed by atoms with Gasteiger partial charge in [0, 0.05) is 19.1 Å². The highest BCUT2D eigenvalue weighted by atomic mass is 16.5. The maximum atomic E-state index is 11.0. The van der Waals surface area contributed by atoms with Gasteiger partial charge in [0.15, 0.2) is 0 Å². The van der Waals surface area contributed by atoms with Crippen molar-refractivity contribution >= 4 is 0 Å². The molecule has 1 atom stereocenters. The van der Waals surface area contributed by atoms with E-state index in [2.05, 4.69) is 0 Å². The van der Waals surface area contributed by atoms with Crippen molar-refractivity contribution in [2.75, 3.05) is 20.3 Å². The monoisotopic (exact) mass is 227 g/mol. The lowest BCUT2D eigenvalue weighted by Gasteiger charge is -2.49. The molecule has 2 rings (SSSR count). The van der Waals surface area contributed by atoms with Crippen LogP contribution in [0, 0.1) is 11.3 Å². The summed E-state index contributed by atoms with van der Waals surface area (Å²) in [7, 11) is 1.68. The minimum Gasteiger partial charge on any atom is -0.387 e. The summed E-state index contributed by atoms with van der Waals surface area (Å²) in [5.74, 6) is 0.425. The predicted molar refractivity (Wildman–Crippen MR) is 64.1 cm³/mol. The number of rotatable bonds is 5. The molecule has 2 fully saturated rings. The van der Waals surface area contributed by atoms with Gasteiger partial charge >= 0.3 is 0 Å². The van der Waals surface area contributed by atoms with E-state index >= 15 is 0 Å². The molecule has 0 aromatic heterocycles. The van der Waals surface area contributed by atoms with Gasteiger partial charge in [0.05, 0.1) is 12.2 Å². The Kier molecular flexibility index (Phi) is 3.57. The number of ether oxygens (including phenoxy) is 1. The van der Waals surface area contributed by atoms with Crippen molar-refractivity contribution in [3.8, 4) is 0 Å². The molecule has 3 nitrogen and oxygen atoms in total. The summed E-state index contributed by atoms with van der Waals surface area (Å²) < 4.78 is 5.28. The Morgan fingerprint density at radius 3 is 2.38 bits per heavy atom. The fourth-order valence-electron chi connectivity index (χ4n) is 3.53. The number of hydrogen-bond acceptors (Lipinski definition) is 3. The Morgan fingerprint density at radius 2 is 1.94 bits per heavy atom. The van der Waals surface area contributed by atoms with Gasteiger partial charge in [0.2, 0.25) is 0 Å². The zero-order valence-electron chi connectivity index (χ0n) is 10.4. The molecule has 0 heterocycles. The first-order valence-corrected chi connectivity index (χ1v) is 6.60. The van der Waals surface area contributed by atoms with Crippen LogP contribution in [0.1, 0.15) is 44.9 Å². The summed E-state index contributed by atoms with van der Waals surface area (Å²) in [6.07, 6.45) is 8.12. The molecular formula is C13H25NO2. The van der Waals surface area contributed by atoms with Crippen LogP contribution in [0.4, 0.5) is 0 Å². The highest BCUT2D eigenvalue weighted by molar-refractivity contribution is 5.08. The van der Waals surface area contributed by atoms with Crippen molar-refractivity contribution in [2.24, 2.45) is 17.1 Å². The number of methoxy groups -OCH3 is 1. The summed E-state index contributed by atoms with van der Waals surface area (Å²) in [5.41, 5.74) is 5.25. The van der Waals surface area contributed by atoms with Gasteiger partial charge < -0.3 is 15.6 Å². The van der Waals surface area contributed by atoms with Gasteiger partial charge in [-0.05, 0) is 31.6 Å². The van der Waals surface area contributed by atoms with Crippen molar-refractivity contribution < 1.29 is 9.84 Å². The Hall–Kier alpha value is -0.120. The maximum Gasteiger partial charge on any atom is 0.0975 e. The molecule has 0 bridgehead atoms. The highest BCUT2D eigenvalue weighted by Gasteiger charge is 2.57. The molecule has 3 heteroatoms. The number of aliphatic hydroxyl groups is 1. The first kappa shape index (κ1) is 12.3. The molecule has 2 aliphatic carbocycles. The van der Waals surface area contributed by atoms with Crippen LogP contribution in [-0.2, 0) is 4.74 Å². The lowest BCUT2D eigenvalue weighted by atomic mass is 9.61. The molecule has 0 saturated heterocycles. The second-order valence-corrected chi connectivity index (χ2v) is 5.68. The number of hydrogen-bond donors (Lipinski definition) is 2. The fourth-order valence-corrected chi connectivity index (χ4v) is 3.53. The molecular weight excluding hydrogens is 202 g/mol. The molecule has 0 spiro atoms. The standard InChI is InChI=1S/C13H25NO2/c1-16-10-13(15,11-5-6-11)12(9-14)7-3-2-4-8-12/h11,15H,2-10,14H2,1H3. The van der Waals surface area contributed by atoms with Crippen LogP contribution in [0.3, 0.4) is 0 Å². The largest absolute Gasteiger partial charge is 0.387 e. The maximum absolute atomic E-state index is 11.0. The van der Waals surface area contributed by atoms with Crippen LogP contribution >= 0.6 is 0 Å². The van der Waals surface area contributed by atoms with Crippen molar-refractivity contribution in [3.05, 3.63) is 0 Å². The summed E-state index contributed by atoms with van der Waals surface area (Å²) in [5, 5.41) is 11.0. The van der Waals surface area contributed by atoms with E-state index in [-0.39, 0.29) is 5.41 Å². The topological polar surface area (TPSA) is 55.5 Å². The molecule has 1 unspecified atom stereocenters. The summed E-state index contributed by atoms with van der Waals surface area (Å²) in [6.45, 7) is 1.05. The summed E-state index contributed by atoms with van der Waals surface area (Å²) in [4.78, 5) is 0.